The Morgan fingerprint density at radius 1 is 0.543 bits per heavy atom. The van der Waals surface area contributed by atoms with Crippen molar-refractivity contribution in [2.75, 3.05) is 0 Å². The summed E-state index contributed by atoms with van der Waals surface area (Å²) < 4.78 is 0. The maximum absolute atomic E-state index is 5.14. The molecule has 7 rings (SSSR count). The first-order chi connectivity index (χ1) is 17.1. The molecule has 1 aliphatic carbocycles. The summed E-state index contributed by atoms with van der Waals surface area (Å²) in [4.78, 5) is 10.2. The standard InChI is InChI=1S/C33H24N2/c1-33(2)27-13-7-6-12-24(27)25-19-18-21-16-17-23(20-26(21)30(25)33)32-31(22-10-4-3-5-11-22)34-28-14-8-9-15-29(28)35-32/h3-20H,1-2H3. The number of fused-ring (bicyclic) bond motifs is 6. The van der Waals surface area contributed by atoms with Crippen molar-refractivity contribution in [3.05, 3.63) is 120 Å². The zero-order chi connectivity index (χ0) is 23.6. The highest BCUT2D eigenvalue weighted by molar-refractivity contribution is 6.00. The molecule has 1 aromatic heterocycles. The summed E-state index contributed by atoms with van der Waals surface area (Å²) in [6.07, 6.45) is 0. The highest BCUT2D eigenvalue weighted by Gasteiger charge is 2.36. The lowest BCUT2D eigenvalue weighted by molar-refractivity contribution is 0.666. The van der Waals surface area contributed by atoms with Crippen LogP contribution < -0.4 is 0 Å². The van der Waals surface area contributed by atoms with Crippen molar-refractivity contribution in [3.63, 3.8) is 0 Å². The first-order valence-corrected chi connectivity index (χ1v) is 12.1. The molecule has 6 aromatic rings. The van der Waals surface area contributed by atoms with Crippen LogP contribution in [0.25, 0.3) is 55.4 Å². The highest BCUT2D eigenvalue weighted by atomic mass is 14.8. The van der Waals surface area contributed by atoms with E-state index in [4.69, 9.17) is 9.97 Å². The molecule has 166 valence electrons. The smallest absolute Gasteiger partial charge is 0.0973 e. The maximum atomic E-state index is 5.14. The zero-order valence-corrected chi connectivity index (χ0v) is 19.8. The molecule has 0 fully saturated rings. The molecule has 0 bridgehead atoms. The van der Waals surface area contributed by atoms with Crippen LogP contribution in [0.1, 0.15) is 25.0 Å². The second kappa shape index (κ2) is 7.35. The lowest BCUT2D eigenvalue weighted by Gasteiger charge is -2.23. The minimum atomic E-state index is -0.0681. The van der Waals surface area contributed by atoms with Crippen molar-refractivity contribution in [3.8, 4) is 33.6 Å². The average molecular weight is 449 g/mol. The Hall–Kier alpha value is -4.30. The number of hydrogen-bond donors (Lipinski definition) is 0. The molecule has 0 saturated carbocycles. The molecule has 2 heteroatoms. The molecule has 1 aliphatic rings. The van der Waals surface area contributed by atoms with Gasteiger partial charge in [-0.1, -0.05) is 105 Å². The lowest BCUT2D eigenvalue weighted by Crippen LogP contribution is -2.15. The third-order valence-corrected chi connectivity index (χ3v) is 7.43. The summed E-state index contributed by atoms with van der Waals surface area (Å²) in [6.45, 7) is 4.68. The van der Waals surface area contributed by atoms with Gasteiger partial charge in [-0.3, -0.25) is 0 Å². The van der Waals surface area contributed by atoms with E-state index in [1.807, 2.05) is 30.3 Å². The van der Waals surface area contributed by atoms with Gasteiger partial charge in [-0.05, 0) is 51.2 Å². The molecule has 0 N–H and O–H groups in total. The summed E-state index contributed by atoms with van der Waals surface area (Å²) in [5.41, 5.74) is 11.2. The molecule has 0 unspecified atom stereocenters. The number of para-hydroxylation sites is 2. The van der Waals surface area contributed by atoms with Gasteiger partial charge in [-0.2, -0.15) is 0 Å². The Labute approximate surface area is 204 Å². The van der Waals surface area contributed by atoms with Crippen molar-refractivity contribution in [2.24, 2.45) is 0 Å². The van der Waals surface area contributed by atoms with Crippen molar-refractivity contribution < 1.29 is 0 Å². The van der Waals surface area contributed by atoms with E-state index < -0.39 is 0 Å². The van der Waals surface area contributed by atoms with Gasteiger partial charge in [0.1, 0.15) is 0 Å². The fourth-order valence-corrected chi connectivity index (χ4v) is 5.76. The third-order valence-electron chi connectivity index (χ3n) is 7.43. The Morgan fingerprint density at radius 3 is 1.94 bits per heavy atom. The fraction of sp³-hybridized carbons (Fsp3) is 0.0909. The van der Waals surface area contributed by atoms with Crippen molar-refractivity contribution in [1.29, 1.82) is 0 Å². The molecule has 0 amide bonds. The van der Waals surface area contributed by atoms with Gasteiger partial charge in [0.05, 0.1) is 22.4 Å². The monoisotopic (exact) mass is 448 g/mol. The van der Waals surface area contributed by atoms with Crippen LogP contribution in [0.4, 0.5) is 0 Å². The van der Waals surface area contributed by atoms with Crippen LogP contribution in [0.3, 0.4) is 0 Å². The molecule has 1 heterocycles. The predicted octanol–water partition coefficient (Wildman–Crippen LogP) is 8.42. The largest absolute Gasteiger partial charge is 0.244 e. The molecular weight excluding hydrogens is 424 g/mol. The molecule has 0 radical (unpaired) electrons. The van der Waals surface area contributed by atoms with E-state index in [1.165, 1.54) is 33.0 Å². The normalized spacial score (nSPS) is 13.7. The number of aromatic nitrogens is 2. The van der Waals surface area contributed by atoms with Crippen molar-refractivity contribution >= 4 is 21.8 Å². The van der Waals surface area contributed by atoms with Crippen LogP contribution in [0.5, 0.6) is 0 Å². The molecule has 5 aromatic carbocycles. The van der Waals surface area contributed by atoms with Gasteiger partial charge >= 0.3 is 0 Å². The van der Waals surface area contributed by atoms with Gasteiger partial charge in [0.15, 0.2) is 0 Å². The Bertz CT molecular complexity index is 1760. The first-order valence-electron chi connectivity index (χ1n) is 12.1. The second-order valence-corrected chi connectivity index (χ2v) is 9.87. The van der Waals surface area contributed by atoms with Crippen LogP contribution >= 0.6 is 0 Å². The van der Waals surface area contributed by atoms with Gasteiger partial charge in [-0.25, -0.2) is 9.97 Å². The van der Waals surface area contributed by atoms with E-state index in [0.717, 1.165) is 33.5 Å². The van der Waals surface area contributed by atoms with Crippen LogP contribution in [-0.4, -0.2) is 9.97 Å². The van der Waals surface area contributed by atoms with Crippen LogP contribution in [0, 0.1) is 0 Å². The minimum absolute atomic E-state index is 0.0681. The van der Waals surface area contributed by atoms with E-state index in [1.54, 1.807) is 0 Å². The van der Waals surface area contributed by atoms with E-state index in [-0.39, 0.29) is 5.41 Å². The number of nitrogens with zero attached hydrogens (tertiary/aromatic N) is 2. The zero-order valence-electron chi connectivity index (χ0n) is 19.8. The minimum Gasteiger partial charge on any atom is -0.244 e. The Morgan fingerprint density at radius 2 is 1.17 bits per heavy atom. The summed E-state index contributed by atoms with van der Waals surface area (Å²) >= 11 is 0. The molecular formula is C33H24N2. The Balaban J connectivity index is 1.52. The van der Waals surface area contributed by atoms with Crippen LogP contribution in [0.15, 0.2) is 109 Å². The van der Waals surface area contributed by atoms with Gasteiger partial charge in [0, 0.05) is 16.5 Å². The molecule has 0 spiro atoms. The van der Waals surface area contributed by atoms with E-state index in [9.17, 15) is 0 Å². The number of benzene rings is 5. The van der Waals surface area contributed by atoms with Crippen LogP contribution in [0.2, 0.25) is 0 Å². The first kappa shape index (κ1) is 20.1. The summed E-state index contributed by atoms with van der Waals surface area (Å²) in [7, 11) is 0. The fourth-order valence-electron chi connectivity index (χ4n) is 5.76. The lowest BCUT2D eigenvalue weighted by atomic mass is 9.80. The van der Waals surface area contributed by atoms with Gasteiger partial charge in [-0.15, -0.1) is 0 Å². The maximum Gasteiger partial charge on any atom is 0.0973 e. The highest BCUT2D eigenvalue weighted by Crippen LogP contribution is 2.51. The molecule has 35 heavy (non-hydrogen) atoms. The van der Waals surface area contributed by atoms with E-state index in [2.05, 4.69) is 92.7 Å². The number of rotatable bonds is 2. The summed E-state index contributed by atoms with van der Waals surface area (Å²) in [5.74, 6) is 0. The molecule has 2 nitrogen and oxygen atoms in total. The predicted molar refractivity (Wildman–Crippen MR) is 145 cm³/mol. The topological polar surface area (TPSA) is 25.8 Å². The summed E-state index contributed by atoms with van der Waals surface area (Å²) in [6, 6.07) is 38.6. The average Bonchev–Trinajstić information content (AvgIpc) is 3.15. The molecule has 0 aliphatic heterocycles. The van der Waals surface area contributed by atoms with E-state index >= 15 is 0 Å². The van der Waals surface area contributed by atoms with Crippen molar-refractivity contribution in [2.45, 2.75) is 19.3 Å². The summed E-state index contributed by atoms with van der Waals surface area (Å²) in [5, 5.41) is 2.54. The Kier molecular flexibility index (Phi) is 4.22. The van der Waals surface area contributed by atoms with Crippen LogP contribution in [-0.2, 0) is 5.41 Å². The van der Waals surface area contributed by atoms with E-state index in [0.29, 0.717) is 0 Å². The molecule has 0 saturated heterocycles. The number of hydrogen-bond acceptors (Lipinski definition) is 2. The third kappa shape index (κ3) is 2.96. The van der Waals surface area contributed by atoms with Crippen molar-refractivity contribution in [1.82, 2.24) is 9.97 Å². The second-order valence-electron chi connectivity index (χ2n) is 9.87. The van der Waals surface area contributed by atoms with Gasteiger partial charge in [0.2, 0.25) is 0 Å². The quantitative estimate of drug-likeness (QED) is 0.266. The molecule has 0 atom stereocenters. The van der Waals surface area contributed by atoms with Gasteiger partial charge < -0.3 is 0 Å². The van der Waals surface area contributed by atoms with Gasteiger partial charge in [0.25, 0.3) is 0 Å². The SMILES string of the molecule is CC1(C)c2ccccc2-c2ccc3ccc(-c4nc5ccccc5nc4-c4ccccc4)cc3c21.